The minimum atomic E-state index is -1.08. The molecule has 1 aromatic heterocycles. The largest absolute Gasteiger partial charge is 0.477 e. The number of halogens is 1. The summed E-state index contributed by atoms with van der Waals surface area (Å²) in [4.78, 5) is 15.2. The summed E-state index contributed by atoms with van der Waals surface area (Å²) in [5.41, 5.74) is 1.23. The third-order valence-corrected chi connectivity index (χ3v) is 3.27. The fourth-order valence-electron chi connectivity index (χ4n) is 1.57. The topological polar surface area (TPSA) is 50.2 Å². The van der Waals surface area contributed by atoms with Crippen LogP contribution in [0, 0.1) is 19.7 Å². The van der Waals surface area contributed by atoms with Gasteiger partial charge in [-0.25, -0.2) is 14.2 Å². The Bertz CT molecular complexity index is 592. The first-order valence-corrected chi connectivity index (χ1v) is 5.78. The van der Waals surface area contributed by atoms with Crippen LogP contribution in [0.5, 0.6) is 0 Å². The molecule has 3 nitrogen and oxygen atoms in total. The number of carbonyl (C=O) groups is 1. The van der Waals surface area contributed by atoms with Crippen molar-refractivity contribution in [3.63, 3.8) is 0 Å². The molecule has 0 amide bonds. The first kappa shape index (κ1) is 11.7. The van der Waals surface area contributed by atoms with Crippen molar-refractivity contribution < 1.29 is 14.3 Å². The lowest BCUT2D eigenvalue weighted by Crippen LogP contribution is -1.97. The van der Waals surface area contributed by atoms with Crippen LogP contribution in [0.25, 0.3) is 11.3 Å². The van der Waals surface area contributed by atoms with E-state index in [1.807, 2.05) is 0 Å². The van der Waals surface area contributed by atoms with Crippen LogP contribution in [0.3, 0.4) is 0 Å². The summed E-state index contributed by atoms with van der Waals surface area (Å²) in [5.74, 6) is -1.52. The highest BCUT2D eigenvalue weighted by atomic mass is 32.1. The van der Waals surface area contributed by atoms with Crippen molar-refractivity contribution in [3.8, 4) is 11.3 Å². The van der Waals surface area contributed by atoms with E-state index in [9.17, 15) is 9.18 Å². The monoisotopic (exact) mass is 251 g/mol. The molecule has 0 unspecified atom stereocenters. The summed E-state index contributed by atoms with van der Waals surface area (Å²) in [6.45, 7) is 3.48. The van der Waals surface area contributed by atoms with E-state index in [1.165, 1.54) is 6.07 Å². The van der Waals surface area contributed by atoms with Gasteiger partial charge in [-0.15, -0.1) is 11.3 Å². The van der Waals surface area contributed by atoms with E-state index >= 15 is 0 Å². The average molecular weight is 251 g/mol. The molecule has 2 aromatic rings. The Balaban J connectivity index is 2.63. The summed E-state index contributed by atoms with van der Waals surface area (Å²) < 4.78 is 13.8. The van der Waals surface area contributed by atoms with E-state index < -0.39 is 11.8 Å². The molecule has 0 fully saturated rings. The van der Waals surface area contributed by atoms with Gasteiger partial charge in [-0.2, -0.15) is 0 Å². The lowest BCUT2D eigenvalue weighted by atomic mass is 10.1. The number of aryl methyl sites for hydroxylation is 2. The molecule has 0 radical (unpaired) electrons. The molecular formula is C12H10FNO2S. The fraction of sp³-hybridized carbons (Fsp3) is 0.167. The van der Waals surface area contributed by atoms with Crippen LogP contribution >= 0.6 is 11.3 Å². The average Bonchev–Trinajstić information content (AvgIpc) is 2.60. The van der Waals surface area contributed by atoms with Gasteiger partial charge in [-0.05, 0) is 31.5 Å². The van der Waals surface area contributed by atoms with Gasteiger partial charge in [0.05, 0.1) is 10.7 Å². The van der Waals surface area contributed by atoms with Crippen LogP contribution < -0.4 is 0 Å². The summed E-state index contributed by atoms with van der Waals surface area (Å²) in [5, 5.41) is 9.64. The molecule has 1 N–H and O–H groups in total. The van der Waals surface area contributed by atoms with Gasteiger partial charge in [0.2, 0.25) is 0 Å². The Hall–Kier alpha value is -1.75. The molecular weight excluding hydrogens is 241 g/mol. The number of carboxylic acids is 1. The molecule has 0 aliphatic heterocycles. The van der Waals surface area contributed by atoms with Crippen LogP contribution in [0.2, 0.25) is 0 Å². The predicted molar refractivity (Wildman–Crippen MR) is 63.9 cm³/mol. The second kappa shape index (κ2) is 4.25. The summed E-state index contributed by atoms with van der Waals surface area (Å²) in [7, 11) is 0. The van der Waals surface area contributed by atoms with E-state index in [2.05, 4.69) is 4.98 Å². The molecule has 0 bridgehead atoms. The molecule has 2 rings (SSSR count). The number of hydrogen-bond donors (Lipinski definition) is 1. The molecule has 5 heteroatoms. The Morgan fingerprint density at radius 3 is 2.71 bits per heavy atom. The van der Waals surface area contributed by atoms with E-state index in [-0.39, 0.29) is 16.1 Å². The number of thiazole rings is 1. The van der Waals surface area contributed by atoms with Crippen molar-refractivity contribution in [2.45, 2.75) is 13.8 Å². The maximum Gasteiger partial charge on any atom is 0.348 e. The SMILES string of the molecule is Cc1ccc(-c2nc(C)sc2C(=O)O)c(F)c1. The highest BCUT2D eigenvalue weighted by Gasteiger charge is 2.19. The number of rotatable bonds is 2. The van der Waals surface area contributed by atoms with Gasteiger partial charge < -0.3 is 5.11 Å². The second-order valence-electron chi connectivity index (χ2n) is 3.70. The Labute approximate surface area is 102 Å². The van der Waals surface area contributed by atoms with Gasteiger partial charge in [0, 0.05) is 5.56 Å². The van der Waals surface area contributed by atoms with Crippen molar-refractivity contribution in [1.82, 2.24) is 4.98 Å². The molecule has 0 aliphatic carbocycles. The van der Waals surface area contributed by atoms with Gasteiger partial charge in [0.1, 0.15) is 10.7 Å². The third-order valence-electron chi connectivity index (χ3n) is 2.31. The third kappa shape index (κ3) is 2.19. The number of aromatic carboxylic acids is 1. The minimum Gasteiger partial charge on any atom is -0.477 e. The standard InChI is InChI=1S/C12H10FNO2S/c1-6-3-4-8(9(13)5-6)10-11(12(15)16)17-7(2)14-10/h3-5H,1-2H3,(H,15,16). The molecule has 1 aromatic carbocycles. The highest BCUT2D eigenvalue weighted by molar-refractivity contribution is 7.14. The lowest BCUT2D eigenvalue weighted by molar-refractivity contribution is 0.0702. The number of benzene rings is 1. The van der Waals surface area contributed by atoms with E-state index in [0.29, 0.717) is 5.01 Å². The Morgan fingerprint density at radius 1 is 1.41 bits per heavy atom. The smallest absolute Gasteiger partial charge is 0.348 e. The fourth-order valence-corrected chi connectivity index (χ4v) is 2.34. The molecule has 1 heterocycles. The summed E-state index contributed by atoms with van der Waals surface area (Å²) in [6.07, 6.45) is 0. The maximum atomic E-state index is 13.8. The first-order valence-electron chi connectivity index (χ1n) is 4.96. The van der Waals surface area contributed by atoms with Crippen LogP contribution in [0.15, 0.2) is 18.2 Å². The zero-order valence-electron chi connectivity index (χ0n) is 9.32. The summed E-state index contributed by atoms with van der Waals surface area (Å²) in [6, 6.07) is 4.67. The van der Waals surface area contributed by atoms with Crippen molar-refractivity contribution in [2.75, 3.05) is 0 Å². The molecule has 0 aliphatic rings. The Kier molecular flexibility index (Phi) is 2.93. The Morgan fingerprint density at radius 2 is 2.12 bits per heavy atom. The highest BCUT2D eigenvalue weighted by Crippen LogP contribution is 2.30. The molecule has 0 saturated carbocycles. The molecule has 0 atom stereocenters. The van der Waals surface area contributed by atoms with E-state index in [0.717, 1.165) is 16.9 Å². The van der Waals surface area contributed by atoms with Crippen molar-refractivity contribution in [1.29, 1.82) is 0 Å². The van der Waals surface area contributed by atoms with Gasteiger partial charge in [0.15, 0.2) is 0 Å². The normalized spacial score (nSPS) is 10.5. The summed E-state index contributed by atoms with van der Waals surface area (Å²) >= 11 is 1.05. The van der Waals surface area contributed by atoms with Crippen LogP contribution in [-0.2, 0) is 0 Å². The minimum absolute atomic E-state index is 0.0743. The predicted octanol–water partition coefficient (Wildman–Crippen LogP) is 3.26. The van der Waals surface area contributed by atoms with Gasteiger partial charge in [-0.3, -0.25) is 0 Å². The van der Waals surface area contributed by atoms with E-state index in [4.69, 9.17) is 5.11 Å². The number of hydrogen-bond acceptors (Lipinski definition) is 3. The number of nitrogens with zero attached hydrogens (tertiary/aromatic N) is 1. The first-order chi connectivity index (χ1) is 7.99. The zero-order valence-corrected chi connectivity index (χ0v) is 10.1. The quantitative estimate of drug-likeness (QED) is 0.891. The molecule has 0 spiro atoms. The van der Waals surface area contributed by atoms with Crippen LogP contribution in [0.1, 0.15) is 20.2 Å². The zero-order chi connectivity index (χ0) is 12.6. The van der Waals surface area contributed by atoms with Crippen LogP contribution in [0.4, 0.5) is 4.39 Å². The van der Waals surface area contributed by atoms with Crippen molar-refractivity contribution >= 4 is 17.3 Å². The number of carboxylic acid groups (broad SMARTS) is 1. The molecule has 88 valence electrons. The second-order valence-corrected chi connectivity index (χ2v) is 4.90. The lowest BCUT2D eigenvalue weighted by Gasteiger charge is -2.02. The van der Waals surface area contributed by atoms with E-state index in [1.54, 1.807) is 26.0 Å². The van der Waals surface area contributed by atoms with Gasteiger partial charge >= 0.3 is 5.97 Å². The molecule has 17 heavy (non-hydrogen) atoms. The van der Waals surface area contributed by atoms with Crippen molar-refractivity contribution in [3.05, 3.63) is 39.5 Å². The van der Waals surface area contributed by atoms with Gasteiger partial charge in [-0.1, -0.05) is 6.07 Å². The van der Waals surface area contributed by atoms with Gasteiger partial charge in [0.25, 0.3) is 0 Å². The van der Waals surface area contributed by atoms with Crippen molar-refractivity contribution in [2.24, 2.45) is 0 Å². The van der Waals surface area contributed by atoms with Crippen LogP contribution in [-0.4, -0.2) is 16.1 Å². The molecule has 0 saturated heterocycles. The maximum absolute atomic E-state index is 13.8. The number of aromatic nitrogens is 1.